The second-order valence-electron chi connectivity index (χ2n) is 6.60. The number of benzene rings is 2. The molecule has 0 atom stereocenters. The molecule has 1 saturated heterocycles. The van der Waals surface area contributed by atoms with Gasteiger partial charge in [-0.2, -0.15) is 0 Å². The molecule has 2 aromatic rings. The van der Waals surface area contributed by atoms with Crippen LogP contribution in [0.15, 0.2) is 36.4 Å². The minimum atomic E-state index is 0.304. The number of ether oxygens (including phenoxy) is 2. The fraction of sp³-hybridized carbons (Fsp3) is 0.381. The topological polar surface area (TPSA) is 24.9 Å². The first-order valence-electron chi connectivity index (χ1n) is 9.28. The summed E-state index contributed by atoms with van der Waals surface area (Å²) in [7, 11) is 1.60. The van der Waals surface area contributed by atoms with E-state index < -0.39 is 0 Å². The van der Waals surface area contributed by atoms with Crippen molar-refractivity contribution in [2.75, 3.05) is 39.8 Å². The third-order valence-electron chi connectivity index (χ3n) is 4.91. The summed E-state index contributed by atoms with van der Waals surface area (Å²) in [6, 6.07) is 11.3. The lowest BCUT2D eigenvalue weighted by atomic mass is 10.1. The maximum absolute atomic E-state index is 6.52. The van der Waals surface area contributed by atoms with Crippen LogP contribution in [0.1, 0.15) is 18.1 Å². The summed E-state index contributed by atoms with van der Waals surface area (Å²) in [5, 5.41) is 1.12. The molecule has 150 valence electrons. The fourth-order valence-electron chi connectivity index (χ4n) is 3.20. The van der Waals surface area contributed by atoms with Gasteiger partial charge in [0.1, 0.15) is 11.6 Å². The zero-order valence-electron chi connectivity index (χ0n) is 16.1. The summed E-state index contributed by atoms with van der Waals surface area (Å²) in [4.78, 5) is 5.42. The Morgan fingerprint density at radius 3 is 2.43 bits per heavy atom. The first-order valence-corrected chi connectivity index (χ1v) is 10.4. The van der Waals surface area contributed by atoms with E-state index in [1.165, 1.54) is 0 Å². The van der Waals surface area contributed by atoms with E-state index in [2.05, 4.69) is 16.7 Å². The second-order valence-corrected chi connectivity index (χ2v) is 7.80. The van der Waals surface area contributed by atoms with E-state index in [1.807, 2.05) is 36.4 Å². The summed E-state index contributed by atoms with van der Waals surface area (Å²) in [6.07, 6.45) is 0. The number of likely N-dealkylation sites (N-methyl/N-ethyl adjacent to an activating group) is 1. The molecule has 1 aliphatic heterocycles. The molecule has 0 radical (unpaired) electrons. The molecule has 1 fully saturated rings. The van der Waals surface area contributed by atoms with E-state index in [9.17, 15) is 0 Å². The standard InChI is InChI=1S/C21H24Cl2N2O2S/c1-3-24-8-10-25(11-9-24)21(28)16-12-18(23)20(19(13-16)26-2)27-14-15-6-4-5-7-17(15)22/h4-7,12-13H,3,8-11,14H2,1-2H3. The zero-order valence-corrected chi connectivity index (χ0v) is 18.4. The molecule has 4 nitrogen and oxygen atoms in total. The van der Waals surface area contributed by atoms with Crippen molar-refractivity contribution in [3.8, 4) is 11.5 Å². The maximum Gasteiger partial charge on any atom is 0.180 e. The molecule has 0 N–H and O–H groups in total. The van der Waals surface area contributed by atoms with Crippen LogP contribution in [-0.2, 0) is 6.61 Å². The van der Waals surface area contributed by atoms with Gasteiger partial charge >= 0.3 is 0 Å². The van der Waals surface area contributed by atoms with Crippen LogP contribution in [0.4, 0.5) is 0 Å². The highest BCUT2D eigenvalue weighted by Gasteiger charge is 2.21. The summed E-state index contributed by atoms with van der Waals surface area (Å²) in [5.74, 6) is 1.05. The van der Waals surface area contributed by atoms with Crippen molar-refractivity contribution in [1.29, 1.82) is 0 Å². The van der Waals surface area contributed by atoms with Gasteiger partial charge in [-0.15, -0.1) is 0 Å². The van der Waals surface area contributed by atoms with E-state index in [0.717, 1.165) is 48.8 Å². The second kappa shape index (κ2) is 9.79. The predicted octanol–water partition coefficient (Wildman–Crippen LogP) is 4.89. The number of thiocarbonyl (C=S) groups is 1. The van der Waals surface area contributed by atoms with Crippen molar-refractivity contribution in [2.45, 2.75) is 13.5 Å². The summed E-state index contributed by atoms with van der Waals surface area (Å²) < 4.78 is 11.5. The zero-order chi connectivity index (χ0) is 20.1. The molecule has 3 rings (SSSR count). The van der Waals surface area contributed by atoms with Crippen molar-refractivity contribution < 1.29 is 9.47 Å². The molecular weight excluding hydrogens is 415 g/mol. The van der Waals surface area contributed by atoms with Gasteiger partial charge in [0.25, 0.3) is 0 Å². The Bertz CT molecular complexity index is 839. The number of halogens is 2. The molecule has 0 aromatic heterocycles. The molecule has 0 amide bonds. The Hall–Kier alpha value is -1.53. The number of rotatable bonds is 6. The van der Waals surface area contributed by atoms with Crippen LogP contribution in [0, 0.1) is 0 Å². The highest BCUT2D eigenvalue weighted by atomic mass is 35.5. The predicted molar refractivity (Wildman–Crippen MR) is 119 cm³/mol. The first-order chi connectivity index (χ1) is 13.5. The molecule has 0 unspecified atom stereocenters. The minimum Gasteiger partial charge on any atom is -0.493 e. The molecule has 0 saturated carbocycles. The quantitative estimate of drug-likeness (QED) is 0.597. The van der Waals surface area contributed by atoms with Crippen molar-refractivity contribution in [1.82, 2.24) is 9.80 Å². The van der Waals surface area contributed by atoms with Gasteiger partial charge in [0.05, 0.1) is 12.1 Å². The number of piperazine rings is 1. The normalized spacial score (nSPS) is 14.8. The van der Waals surface area contributed by atoms with Gasteiger partial charge in [-0.25, -0.2) is 0 Å². The molecule has 0 aliphatic carbocycles. The van der Waals surface area contributed by atoms with Crippen LogP contribution in [0.2, 0.25) is 10.0 Å². The lowest BCUT2D eigenvalue weighted by molar-refractivity contribution is 0.192. The highest BCUT2D eigenvalue weighted by molar-refractivity contribution is 7.80. The largest absolute Gasteiger partial charge is 0.493 e. The highest BCUT2D eigenvalue weighted by Crippen LogP contribution is 2.37. The molecule has 7 heteroatoms. The average Bonchev–Trinajstić information content (AvgIpc) is 2.73. The van der Waals surface area contributed by atoms with Crippen LogP contribution in [0.25, 0.3) is 0 Å². The first kappa shape index (κ1) is 21.2. The van der Waals surface area contributed by atoms with Gasteiger partial charge in [-0.1, -0.05) is 60.5 Å². The Morgan fingerprint density at radius 1 is 1.07 bits per heavy atom. The minimum absolute atomic E-state index is 0.304. The van der Waals surface area contributed by atoms with Gasteiger partial charge < -0.3 is 19.3 Å². The Balaban J connectivity index is 1.76. The average molecular weight is 439 g/mol. The van der Waals surface area contributed by atoms with Gasteiger partial charge in [-0.3, -0.25) is 0 Å². The molecule has 1 heterocycles. The summed E-state index contributed by atoms with van der Waals surface area (Å²) in [5.41, 5.74) is 1.75. The SMILES string of the molecule is CCN1CCN(C(=S)c2cc(Cl)c(OCc3ccccc3Cl)c(OC)c2)CC1. The molecular formula is C21H24Cl2N2O2S. The molecule has 2 aromatic carbocycles. The van der Waals surface area contributed by atoms with E-state index in [1.54, 1.807) is 7.11 Å². The van der Waals surface area contributed by atoms with Crippen molar-refractivity contribution >= 4 is 40.4 Å². The number of methoxy groups -OCH3 is 1. The van der Waals surface area contributed by atoms with E-state index in [4.69, 9.17) is 44.9 Å². The van der Waals surface area contributed by atoms with Crippen LogP contribution in [0.3, 0.4) is 0 Å². The van der Waals surface area contributed by atoms with Crippen LogP contribution in [0.5, 0.6) is 11.5 Å². The van der Waals surface area contributed by atoms with E-state index in [-0.39, 0.29) is 0 Å². The van der Waals surface area contributed by atoms with Gasteiger partial charge in [-0.05, 0) is 24.7 Å². The maximum atomic E-state index is 6.52. The van der Waals surface area contributed by atoms with Gasteiger partial charge in [0, 0.05) is 42.3 Å². The fourth-order valence-corrected chi connectivity index (χ4v) is 3.95. The number of hydrogen-bond acceptors (Lipinski definition) is 4. The Morgan fingerprint density at radius 2 is 1.79 bits per heavy atom. The van der Waals surface area contributed by atoms with E-state index >= 15 is 0 Å². The van der Waals surface area contributed by atoms with Gasteiger partial charge in [0.15, 0.2) is 11.5 Å². The summed E-state index contributed by atoms with van der Waals surface area (Å²) in [6.45, 7) is 7.41. The van der Waals surface area contributed by atoms with Gasteiger partial charge in [0.2, 0.25) is 0 Å². The molecule has 1 aliphatic rings. The molecule has 0 bridgehead atoms. The van der Waals surface area contributed by atoms with Crippen LogP contribution >= 0.6 is 35.4 Å². The summed E-state index contributed by atoms with van der Waals surface area (Å²) >= 11 is 18.4. The Labute approximate surface area is 181 Å². The molecule has 28 heavy (non-hydrogen) atoms. The monoisotopic (exact) mass is 438 g/mol. The smallest absolute Gasteiger partial charge is 0.180 e. The Kier molecular flexibility index (Phi) is 7.41. The molecule has 0 spiro atoms. The van der Waals surface area contributed by atoms with E-state index in [0.29, 0.717) is 28.2 Å². The third-order valence-corrected chi connectivity index (χ3v) is 6.06. The third kappa shape index (κ3) is 4.90. The number of hydrogen-bond donors (Lipinski definition) is 0. The van der Waals surface area contributed by atoms with Crippen molar-refractivity contribution in [2.24, 2.45) is 0 Å². The van der Waals surface area contributed by atoms with Crippen LogP contribution in [-0.4, -0.2) is 54.6 Å². The number of nitrogens with zero attached hydrogens (tertiary/aromatic N) is 2. The van der Waals surface area contributed by atoms with Crippen molar-refractivity contribution in [3.05, 3.63) is 57.6 Å². The van der Waals surface area contributed by atoms with Crippen molar-refractivity contribution in [3.63, 3.8) is 0 Å². The van der Waals surface area contributed by atoms with Crippen LogP contribution < -0.4 is 9.47 Å². The lowest BCUT2D eigenvalue weighted by Gasteiger charge is -2.35. The lowest BCUT2D eigenvalue weighted by Crippen LogP contribution is -2.48.